The summed E-state index contributed by atoms with van der Waals surface area (Å²) in [7, 11) is 1.78. The Hall–Kier alpha value is -0.130. The summed E-state index contributed by atoms with van der Waals surface area (Å²) in [5.74, 6) is 0.827. The van der Waals surface area contributed by atoms with Crippen LogP contribution in [0.3, 0.4) is 0 Å². The number of hydrogen-bond donors (Lipinski definition) is 2. The summed E-state index contributed by atoms with van der Waals surface area (Å²) in [6.07, 6.45) is 3.70. The minimum atomic E-state index is 0. The van der Waals surface area contributed by atoms with Crippen molar-refractivity contribution in [2.75, 3.05) is 20.1 Å². The molecule has 0 bridgehead atoms. The number of rotatable bonds is 6. The molecule has 126 valence electrons. The van der Waals surface area contributed by atoms with Crippen LogP contribution in [0.1, 0.15) is 10.4 Å². The standard InChI is InChI=1S/C15H18ClIN4S.HI/c1-18-15(20-9-7-12-3-5-14(17)22-12)19-8-6-11-2-4-13(16)21-10-11;/h2-5,10H,6-9H2,1H3,(H2,18,19,20);1H. The SMILES string of the molecule is CN=C(NCCc1ccc(Cl)nc1)NCCc1ccc(I)s1.I. The lowest BCUT2D eigenvalue weighted by molar-refractivity contribution is 0.786. The second kappa shape index (κ2) is 11.4. The number of nitrogens with zero attached hydrogens (tertiary/aromatic N) is 2. The summed E-state index contributed by atoms with van der Waals surface area (Å²) in [6.45, 7) is 1.68. The van der Waals surface area contributed by atoms with Crippen molar-refractivity contribution in [2.45, 2.75) is 12.8 Å². The molecule has 0 saturated carbocycles. The van der Waals surface area contributed by atoms with Gasteiger partial charge in [0.15, 0.2) is 5.96 Å². The maximum atomic E-state index is 5.77. The second-order valence-corrected chi connectivity index (χ2v) is 8.07. The molecule has 0 saturated heterocycles. The van der Waals surface area contributed by atoms with Gasteiger partial charge in [-0.25, -0.2) is 4.98 Å². The largest absolute Gasteiger partial charge is 0.356 e. The number of aliphatic imine (C=N–C) groups is 1. The van der Waals surface area contributed by atoms with Gasteiger partial charge in [-0.1, -0.05) is 17.7 Å². The number of nitrogens with one attached hydrogen (secondary N) is 2. The first-order valence-electron chi connectivity index (χ1n) is 6.96. The highest BCUT2D eigenvalue weighted by atomic mass is 127. The Labute approximate surface area is 176 Å². The third-order valence-electron chi connectivity index (χ3n) is 3.01. The molecule has 0 atom stereocenters. The van der Waals surface area contributed by atoms with Crippen LogP contribution in [0.15, 0.2) is 35.5 Å². The number of aromatic nitrogens is 1. The van der Waals surface area contributed by atoms with Gasteiger partial charge in [-0.15, -0.1) is 35.3 Å². The highest BCUT2D eigenvalue weighted by Crippen LogP contribution is 2.18. The van der Waals surface area contributed by atoms with Crippen molar-refractivity contribution < 1.29 is 0 Å². The van der Waals surface area contributed by atoms with Crippen molar-refractivity contribution in [3.63, 3.8) is 0 Å². The van der Waals surface area contributed by atoms with Crippen molar-refractivity contribution in [1.29, 1.82) is 0 Å². The van der Waals surface area contributed by atoms with E-state index >= 15 is 0 Å². The molecule has 2 N–H and O–H groups in total. The van der Waals surface area contributed by atoms with Crippen LogP contribution in [0.5, 0.6) is 0 Å². The van der Waals surface area contributed by atoms with Crippen LogP contribution in [-0.4, -0.2) is 31.1 Å². The van der Waals surface area contributed by atoms with E-state index in [4.69, 9.17) is 11.6 Å². The zero-order valence-electron chi connectivity index (χ0n) is 12.7. The molecule has 0 unspecified atom stereocenters. The van der Waals surface area contributed by atoms with Gasteiger partial charge in [0.25, 0.3) is 0 Å². The Morgan fingerprint density at radius 3 is 2.52 bits per heavy atom. The Balaban J connectivity index is 0.00000264. The van der Waals surface area contributed by atoms with Gasteiger partial charge in [-0.05, 0) is 59.2 Å². The molecule has 0 aromatic carbocycles. The third-order valence-corrected chi connectivity index (χ3v) is 5.19. The van der Waals surface area contributed by atoms with Crippen molar-refractivity contribution in [1.82, 2.24) is 15.6 Å². The second-order valence-electron chi connectivity index (χ2n) is 4.62. The zero-order valence-corrected chi connectivity index (χ0v) is 18.7. The molecule has 0 amide bonds. The van der Waals surface area contributed by atoms with E-state index in [-0.39, 0.29) is 24.0 Å². The maximum absolute atomic E-state index is 5.77. The van der Waals surface area contributed by atoms with E-state index in [0.717, 1.165) is 37.5 Å². The Kier molecular flexibility index (Phi) is 10.4. The molecule has 8 heteroatoms. The predicted molar refractivity (Wildman–Crippen MR) is 118 cm³/mol. The first-order valence-corrected chi connectivity index (χ1v) is 9.24. The average molecular weight is 577 g/mol. The molecule has 2 aromatic heterocycles. The van der Waals surface area contributed by atoms with Crippen molar-refractivity contribution in [2.24, 2.45) is 4.99 Å². The summed E-state index contributed by atoms with van der Waals surface area (Å²) in [6, 6.07) is 8.13. The molecule has 23 heavy (non-hydrogen) atoms. The predicted octanol–water partition coefficient (Wildman–Crippen LogP) is 3.97. The van der Waals surface area contributed by atoms with E-state index in [0.29, 0.717) is 5.15 Å². The molecule has 2 rings (SSSR count). The molecular weight excluding hydrogens is 558 g/mol. The molecule has 0 aliphatic carbocycles. The van der Waals surface area contributed by atoms with Crippen LogP contribution in [0.4, 0.5) is 0 Å². The van der Waals surface area contributed by atoms with Crippen LogP contribution in [0, 0.1) is 2.88 Å². The average Bonchev–Trinajstić information content (AvgIpc) is 2.93. The van der Waals surface area contributed by atoms with E-state index < -0.39 is 0 Å². The first-order chi connectivity index (χ1) is 10.7. The van der Waals surface area contributed by atoms with Crippen molar-refractivity contribution in [3.05, 3.63) is 48.9 Å². The van der Waals surface area contributed by atoms with E-state index in [1.54, 1.807) is 13.2 Å². The topological polar surface area (TPSA) is 49.3 Å². The van der Waals surface area contributed by atoms with Gasteiger partial charge in [0.2, 0.25) is 0 Å². The molecule has 2 heterocycles. The normalized spacial score (nSPS) is 11.0. The fourth-order valence-electron chi connectivity index (χ4n) is 1.89. The molecule has 0 aliphatic heterocycles. The van der Waals surface area contributed by atoms with Gasteiger partial charge in [0.1, 0.15) is 5.15 Å². The molecular formula is C15H19ClI2N4S. The first kappa shape index (κ1) is 20.9. The summed E-state index contributed by atoms with van der Waals surface area (Å²) in [5.41, 5.74) is 1.15. The molecule has 0 radical (unpaired) electrons. The number of hydrogen-bond acceptors (Lipinski definition) is 3. The quantitative estimate of drug-likeness (QED) is 0.237. The molecule has 0 aliphatic rings. The Bertz CT molecular complexity index is 616. The molecule has 4 nitrogen and oxygen atoms in total. The van der Waals surface area contributed by atoms with Crippen LogP contribution in [-0.2, 0) is 12.8 Å². The fourth-order valence-corrected chi connectivity index (χ4v) is 3.76. The highest BCUT2D eigenvalue weighted by Gasteiger charge is 2.01. The highest BCUT2D eigenvalue weighted by molar-refractivity contribution is 14.1. The minimum Gasteiger partial charge on any atom is -0.356 e. The van der Waals surface area contributed by atoms with E-state index in [1.807, 2.05) is 23.5 Å². The third kappa shape index (κ3) is 7.99. The molecule has 0 spiro atoms. The minimum absolute atomic E-state index is 0. The van der Waals surface area contributed by atoms with Gasteiger partial charge >= 0.3 is 0 Å². The Morgan fingerprint density at radius 1 is 1.22 bits per heavy atom. The lowest BCUT2D eigenvalue weighted by atomic mass is 10.2. The molecule has 2 aromatic rings. The van der Waals surface area contributed by atoms with Crippen molar-refractivity contribution >= 4 is 75.5 Å². The van der Waals surface area contributed by atoms with E-state index in [9.17, 15) is 0 Å². The van der Waals surface area contributed by atoms with E-state index in [2.05, 4.69) is 55.3 Å². The summed E-state index contributed by atoms with van der Waals surface area (Å²) >= 11 is 9.95. The van der Waals surface area contributed by atoms with Gasteiger partial charge in [-0.3, -0.25) is 4.99 Å². The smallest absolute Gasteiger partial charge is 0.190 e. The number of pyridine rings is 1. The van der Waals surface area contributed by atoms with E-state index in [1.165, 1.54) is 7.76 Å². The lowest BCUT2D eigenvalue weighted by Gasteiger charge is -2.11. The van der Waals surface area contributed by atoms with Crippen LogP contribution < -0.4 is 10.6 Å². The Morgan fingerprint density at radius 2 is 1.96 bits per heavy atom. The van der Waals surface area contributed by atoms with Crippen LogP contribution in [0.2, 0.25) is 5.15 Å². The number of thiophene rings is 1. The number of guanidine groups is 1. The fraction of sp³-hybridized carbons (Fsp3) is 0.333. The van der Waals surface area contributed by atoms with Gasteiger partial charge in [0, 0.05) is 31.2 Å². The molecule has 0 fully saturated rings. The van der Waals surface area contributed by atoms with Crippen LogP contribution >= 0.6 is 69.5 Å². The van der Waals surface area contributed by atoms with Gasteiger partial charge in [-0.2, -0.15) is 0 Å². The lowest BCUT2D eigenvalue weighted by Crippen LogP contribution is -2.39. The summed E-state index contributed by atoms with van der Waals surface area (Å²) < 4.78 is 1.33. The maximum Gasteiger partial charge on any atom is 0.190 e. The number of halogens is 3. The summed E-state index contributed by atoms with van der Waals surface area (Å²) in [5, 5.41) is 7.16. The van der Waals surface area contributed by atoms with Gasteiger partial charge in [0.05, 0.1) is 2.88 Å². The van der Waals surface area contributed by atoms with Gasteiger partial charge < -0.3 is 10.6 Å². The summed E-state index contributed by atoms with van der Waals surface area (Å²) in [4.78, 5) is 9.69. The monoisotopic (exact) mass is 576 g/mol. The zero-order chi connectivity index (χ0) is 15.8. The van der Waals surface area contributed by atoms with Crippen molar-refractivity contribution in [3.8, 4) is 0 Å². The van der Waals surface area contributed by atoms with Crippen LogP contribution in [0.25, 0.3) is 0 Å².